The fourth-order valence-corrected chi connectivity index (χ4v) is 5.61. The molecule has 100 valence electrons. The van der Waals surface area contributed by atoms with E-state index in [2.05, 4.69) is 0 Å². The molecule has 17 heavy (non-hydrogen) atoms. The van der Waals surface area contributed by atoms with Gasteiger partial charge in [-0.2, -0.15) is 4.31 Å². The van der Waals surface area contributed by atoms with Gasteiger partial charge >= 0.3 is 0 Å². The van der Waals surface area contributed by atoms with E-state index in [0.717, 1.165) is 44.9 Å². The van der Waals surface area contributed by atoms with Gasteiger partial charge in [0.2, 0.25) is 10.0 Å². The molecule has 0 bridgehead atoms. The number of nitrogens with zero attached hydrogens (tertiary/aromatic N) is 1. The van der Waals surface area contributed by atoms with E-state index in [-0.39, 0.29) is 10.8 Å². The number of hydrogen-bond donors (Lipinski definition) is 1. The summed E-state index contributed by atoms with van der Waals surface area (Å²) in [5, 5.41) is -0.147. The Hall–Kier alpha value is -0.130. The Morgan fingerprint density at radius 2 is 1.88 bits per heavy atom. The van der Waals surface area contributed by atoms with E-state index in [1.807, 2.05) is 6.92 Å². The number of piperidine rings is 1. The van der Waals surface area contributed by atoms with E-state index in [1.165, 1.54) is 0 Å². The van der Waals surface area contributed by atoms with Crippen molar-refractivity contribution in [2.75, 3.05) is 13.1 Å². The summed E-state index contributed by atoms with van der Waals surface area (Å²) in [5.41, 5.74) is 5.47. The second-order valence-corrected chi connectivity index (χ2v) is 7.82. The van der Waals surface area contributed by atoms with Gasteiger partial charge in [0, 0.05) is 18.6 Å². The molecule has 4 nitrogen and oxygen atoms in total. The van der Waals surface area contributed by atoms with Crippen molar-refractivity contribution in [2.24, 2.45) is 5.73 Å². The van der Waals surface area contributed by atoms with Crippen molar-refractivity contribution >= 4 is 10.0 Å². The lowest BCUT2D eigenvalue weighted by molar-refractivity contribution is 0.156. The van der Waals surface area contributed by atoms with Crippen molar-refractivity contribution in [1.29, 1.82) is 0 Å². The normalized spacial score (nSPS) is 33.1. The van der Waals surface area contributed by atoms with Gasteiger partial charge in [-0.25, -0.2) is 8.42 Å². The molecule has 1 unspecified atom stereocenters. The van der Waals surface area contributed by atoms with E-state index >= 15 is 0 Å². The Morgan fingerprint density at radius 3 is 2.47 bits per heavy atom. The van der Waals surface area contributed by atoms with Gasteiger partial charge in [0.15, 0.2) is 0 Å². The quantitative estimate of drug-likeness (QED) is 0.835. The van der Waals surface area contributed by atoms with Crippen LogP contribution in [0.25, 0.3) is 0 Å². The van der Waals surface area contributed by atoms with Crippen LogP contribution in [0.4, 0.5) is 0 Å². The van der Waals surface area contributed by atoms with Gasteiger partial charge in [0.1, 0.15) is 0 Å². The molecule has 1 saturated carbocycles. The van der Waals surface area contributed by atoms with Crippen molar-refractivity contribution in [3.63, 3.8) is 0 Å². The zero-order valence-corrected chi connectivity index (χ0v) is 11.5. The largest absolute Gasteiger partial charge is 0.329 e. The van der Waals surface area contributed by atoms with Crippen molar-refractivity contribution < 1.29 is 8.42 Å². The van der Waals surface area contributed by atoms with Crippen LogP contribution in [0.15, 0.2) is 0 Å². The van der Waals surface area contributed by atoms with Gasteiger partial charge in [0.05, 0.1) is 5.25 Å². The van der Waals surface area contributed by atoms with E-state index < -0.39 is 10.0 Å². The molecule has 0 radical (unpaired) electrons. The second-order valence-electron chi connectivity index (χ2n) is 5.68. The number of hydrogen-bond acceptors (Lipinski definition) is 3. The molecule has 1 saturated heterocycles. The molecule has 2 fully saturated rings. The second kappa shape index (κ2) is 4.86. The monoisotopic (exact) mass is 260 g/mol. The fourth-order valence-electron chi connectivity index (χ4n) is 3.16. The first-order valence-corrected chi connectivity index (χ1v) is 8.23. The van der Waals surface area contributed by atoms with E-state index in [0.29, 0.717) is 13.1 Å². The summed E-state index contributed by atoms with van der Waals surface area (Å²) in [4.78, 5) is 0. The van der Waals surface area contributed by atoms with Gasteiger partial charge < -0.3 is 5.73 Å². The molecule has 5 heteroatoms. The molecule has 0 aromatic rings. The van der Waals surface area contributed by atoms with Crippen LogP contribution in [0.2, 0.25) is 0 Å². The van der Waals surface area contributed by atoms with Crippen LogP contribution in [0.5, 0.6) is 0 Å². The van der Waals surface area contributed by atoms with E-state index in [9.17, 15) is 8.42 Å². The van der Waals surface area contributed by atoms with E-state index in [4.69, 9.17) is 5.73 Å². The molecule has 0 amide bonds. The average Bonchev–Trinajstić information content (AvgIpc) is 2.83. The molecule has 2 rings (SSSR count). The third-order valence-electron chi connectivity index (χ3n) is 4.40. The summed E-state index contributed by atoms with van der Waals surface area (Å²) in [6.07, 6.45) is 6.73. The fraction of sp³-hybridized carbons (Fsp3) is 1.00. The standard InChI is InChI=1S/C12H24N2O2S/c1-12(10-13)8-4-5-9-14(12)17(15,16)11-6-2-3-7-11/h11H,2-10,13H2,1H3. The predicted octanol–water partition coefficient (Wildman–Crippen LogP) is 1.46. The highest BCUT2D eigenvalue weighted by Crippen LogP contribution is 2.35. The Labute approximate surface area is 105 Å². The molecular formula is C12H24N2O2S. The zero-order chi connectivity index (χ0) is 12.5. The third-order valence-corrected chi connectivity index (χ3v) is 6.95. The average molecular weight is 260 g/mol. The lowest BCUT2D eigenvalue weighted by Crippen LogP contribution is -2.58. The maximum atomic E-state index is 12.6. The lowest BCUT2D eigenvalue weighted by Gasteiger charge is -2.44. The molecule has 2 aliphatic rings. The summed E-state index contributed by atoms with van der Waals surface area (Å²) < 4.78 is 27.0. The molecule has 1 aliphatic heterocycles. The van der Waals surface area contributed by atoms with Gasteiger partial charge in [-0.1, -0.05) is 19.3 Å². The van der Waals surface area contributed by atoms with Crippen molar-refractivity contribution in [1.82, 2.24) is 4.31 Å². The van der Waals surface area contributed by atoms with Crippen LogP contribution >= 0.6 is 0 Å². The Balaban J connectivity index is 2.24. The lowest BCUT2D eigenvalue weighted by atomic mass is 9.91. The Morgan fingerprint density at radius 1 is 1.24 bits per heavy atom. The van der Waals surface area contributed by atoms with Crippen LogP contribution in [0.3, 0.4) is 0 Å². The SMILES string of the molecule is CC1(CN)CCCCN1S(=O)(=O)C1CCCC1. The minimum absolute atomic E-state index is 0.147. The highest BCUT2D eigenvalue weighted by atomic mass is 32.2. The zero-order valence-electron chi connectivity index (χ0n) is 10.7. The van der Waals surface area contributed by atoms with Crippen LogP contribution in [-0.2, 0) is 10.0 Å². The smallest absolute Gasteiger partial charge is 0.217 e. The van der Waals surface area contributed by atoms with E-state index in [1.54, 1.807) is 4.31 Å². The number of nitrogens with two attached hydrogens (primary N) is 1. The van der Waals surface area contributed by atoms with Gasteiger partial charge in [0.25, 0.3) is 0 Å². The molecule has 1 atom stereocenters. The van der Waals surface area contributed by atoms with Gasteiger partial charge in [-0.05, 0) is 32.6 Å². The minimum Gasteiger partial charge on any atom is -0.329 e. The van der Waals surface area contributed by atoms with Crippen LogP contribution in [0.1, 0.15) is 51.9 Å². The molecule has 1 aliphatic carbocycles. The topological polar surface area (TPSA) is 63.4 Å². The number of rotatable bonds is 3. The first kappa shape index (κ1) is 13.3. The number of sulfonamides is 1. The van der Waals surface area contributed by atoms with Crippen molar-refractivity contribution in [3.8, 4) is 0 Å². The summed E-state index contributed by atoms with van der Waals surface area (Å²) in [5.74, 6) is 0. The Kier molecular flexibility index (Phi) is 3.80. The molecule has 1 heterocycles. The first-order valence-electron chi connectivity index (χ1n) is 6.72. The first-order chi connectivity index (χ1) is 8.00. The summed E-state index contributed by atoms with van der Waals surface area (Å²) in [6, 6.07) is 0. The van der Waals surface area contributed by atoms with Crippen molar-refractivity contribution in [2.45, 2.75) is 62.7 Å². The molecule has 0 aromatic heterocycles. The Bertz CT molecular complexity index is 363. The summed E-state index contributed by atoms with van der Waals surface area (Å²) in [7, 11) is -3.13. The highest BCUT2D eigenvalue weighted by Gasteiger charge is 2.44. The van der Waals surface area contributed by atoms with Gasteiger partial charge in [-0.15, -0.1) is 0 Å². The molecule has 2 N–H and O–H groups in total. The summed E-state index contributed by atoms with van der Waals surface area (Å²) >= 11 is 0. The van der Waals surface area contributed by atoms with Crippen LogP contribution in [0, 0.1) is 0 Å². The maximum absolute atomic E-state index is 12.6. The highest BCUT2D eigenvalue weighted by molar-refractivity contribution is 7.89. The predicted molar refractivity (Wildman–Crippen MR) is 69.2 cm³/mol. The van der Waals surface area contributed by atoms with Crippen LogP contribution < -0.4 is 5.73 Å². The van der Waals surface area contributed by atoms with Crippen molar-refractivity contribution in [3.05, 3.63) is 0 Å². The van der Waals surface area contributed by atoms with Gasteiger partial charge in [-0.3, -0.25) is 0 Å². The summed E-state index contributed by atoms with van der Waals surface area (Å²) in [6.45, 7) is 3.09. The maximum Gasteiger partial charge on any atom is 0.217 e. The van der Waals surface area contributed by atoms with Crippen LogP contribution in [-0.4, -0.2) is 36.6 Å². The molecule has 0 spiro atoms. The molecular weight excluding hydrogens is 236 g/mol. The minimum atomic E-state index is -3.13. The molecule has 0 aromatic carbocycles. The third kappa shape index (κ3) is 2.37.